The zero-order valence-corrected chi connectivity index (χ0v) is 9.30. The maximum atomic E-state index is 9.69. The Labute approximate surface area is 89.8 Å². The van der Waals surface area contributed by atoms with E-state index < -0.39 is 0 Å². The highest BCUT2D eigenvalue weighted by molar-refractivity contribution is 7.09. The number of aliphatic hydroxyl groups is 1. The second-order valence-electron chi connectivity index (χ2n) is 4.32. The third kappa shape index (κ3) is 2.82. The molecule has 0 aromatic carbocycles. The van der Waals surface area contributed by atoms with E-state index in [1.165, 1.54) is 30.6 Å². The van der Waals surface area contributed by atoms with Crippen LogP contribution in [-0.2, 0) is 6.42 Å². The molecule has 1 saturated carbocycles. The molecule has 0 bridgehead atoms. The van der Waals surface area contributed by atoms with E-state index in [0.29, 0.717) is 5.92 Å². The lowest BCUT2D eigenvalue weighted by Crippen LogP contribution is -2.12. The highest BCUT2D eigenvalue weighted by Crippen LogP contribution is 2.27. The van der Waals surface area contributed by atoms with Gasteiger partial charge in [-0.3, -0.25) is 0 Å². The van der Waals surface area contributed by atoms with E-state index in [1.807, 2.05) is 11.3 Å². The molecule has 2 unspecified atom stereocenters. The quantitative estimate of drug-likeness (QED) is 0.743. The molecule has 1 fully saturated rings. The van der Waals surface area contributed by atoms with Crippen molar-refractivity contribution in [3.63, 3.8) is 0 Å². The second kappa shape index (κ2) is 4.94. The highest BCUT2D eigenvalue weighted by Gasteiger charge is 2.18. The lowest BCUT2D eigenvalue weighted by Gasteiger charge is -2.15. The van der Waals surface area contributed by atoms with Gasteiger partial charge in [-0.05, 0) is 36.6 Å². The standard InChI is InChI=1S/C12H18OS/c13-11-5-2-1-4-10(8-11)9-12-6-3-7-14-12/h3,6-7,10-11,13H,1-2,4-5,8-9H2. The lowest BCUT2D eigenvalue weighted by molar-refractivity contribution is 0.141. The average molecular weight is 210 g/mol. The third-order valence-corrected chi connectivity index (χ3v) is 3.97. The minimum atomic E-state index is -0.0394. The van der Waals surface area contributed by atoms with Gasteiger partial charge < -0.3 is 5.11 Å². The van der Waals surface area contributed by atoms with Crippen molar-refractivity contribution in [2.24, 2.45) is 5.92 Å². The van der Waals surface area contributed by atoms with Crippen LogP contribution < -0.4 is 0 Å². The molecule has 0 spiro atoms. The predicted octanol–water partition coefficient (Wildman–Crippen LogP) is 3.23. The van der Waals surface area contributed by atoms with Crippen LogP contribution in [0.5, 0.6) is 0 Å². The second-order valence-corrected chi connectivity index (χ2v) is 5.36. The van der Waals surface area contributed by atoms with Crippen molar-refractivity contribution in [2.45, 2.75) is 44.6 Å². The Kier molecular flexibility index (Phi) is 3.60. The molecule has 1 aromatic rings. The van der Waals surface area contributed by atoms with Crippen LogP contribution in [0, 0.1) is 5.92 Å². The topological polar surface area (TPSA) is 20.2 Å². The summed E-state index contributed by atoms with van der Waals surface area (Å²) in [5.74, 6) is 0.714. The van der Waals surface area contributed by atoms with Crippen molar-refractivity contribution in [1.29, 1.82) is 0 Å². The van der Waals surface area contributed by atoms with Crippen LogP contribution in [0.15, 0.2) is 17.5 Å². The normalized spacial score (nSPS) is 28.6. The first kappa shape index (κ1) is 10.2. The van der Waals surface area contributed by atoms with Gasteiger partial charge in [0.05, 0.1) is 6.10 Å². The lowest BCUT2D eigenvalue weighted by atomic mass is 9.95. The monoisotopic (exact) mass is 210 g/mol. The number of thiophene rings is 1. The average Bonchev–Trinajstić information content (AvgIpc) is 2.56. The molecule has 1 aromatic heterocycles. The molecule has 2 heteroatoms. The summed E-state index contributed by atoms with van der Waals surface area (Å²) in [7, 11) is 0. The molecule has 0 aliphatic heterocycles. The molecule has 2 atom stereocenters. The van der Waals surface area contributed by atoms with Gasteiger partial charge in [-0.1, -0.05) is 25.3 Å². The van der Waals surface area contributed by atoms with E-state index >= 15 is 0 Å². The molecule has 1 nitrogen and oxygen atoms in total. The molecular weight excluding hydrogens is 192 g/mol. The summed E-state index contributed by atoms with van der Waals surface area (Å²) in [6.07, 6.45) is 6.97. The van der Waals surface area contributed by atoms with E-state index in [1.54, 1.807) is 0 Å². The molecule has 2 rings (SSSR count). The van der Waals surface area contributed by atoms with E-state index in [-0.39, 0.29) is 6.10 Å². The molecule has 0 amide bonds. The van der Waals surface area contributed by atoms with Crippen LogP contribution in [0.4, 0.5) is 0 Å². The first-order valence-electron chi connectivity index (χ1n) is 5.55. The fraction of sp³-hybridized carbons (Fsp3) is 0.667. The van der Waals surface area contributed by atoms with Gasteiger partial charge in [0, 0.05) is 4.88 Å². The largest absolute Gasteiger partial charge is 0.393 e. The number of hydrogen-bond acceptors (Lipinski definition) is 2. The van der Waals surface area contributed by atoms with E-state index in [9.17, 15) is 5.11 Å². The summed E-state index contributed by atoms with van der Waals surface area (Å²) in [5, 5.41) is 11.8. The molecule has 0 saturated heterocycles. The van der Waals surface area contributed by atoms with Gasteiger partial charge in [-0.25, -0.2) is 0 Å². The van der Waals surface area contributed by atoms with Crippen molar-refractivity contribution in [3.8, 4) is 0 Å². The van der Waals surface area contributed by atoms with Crippen LogP contribution in [0.2, 0.25) is 0 Å². The molecule has 0 radical (unpaired) electrons. The molecule has 1 aliphatic rings. The van der Waals surface area contributed by atoms with Crippen LogP contribution in [-0.4, -0.2) is 11.2 Å². The maximum Gasteiger partial charge on any atom is 0.0543 e. The summed E-state index contributed by atoms with van der Waals surface area (Å²) < 4.78 is 0. The summed E-state index contributed by atoms with van der Waals surface area (Å²) in [6, 6.07) is 4.33. The summed E-state index contributed by atoms with van der Waals surface area (Å²) >= 11 is 1.84. The van der Waals surface area contributed by atoms with Gasteiger partial charge in [0.25, 0.3) is 0 Å². The van der Waals surface area contributed by atoms with Crippen molar-refractivity contribution in [3.05, 3.63) is 22.4 Å². The van der Waals surface area contributed by atoms with Crippen molar-refractivity contribution in [2.75, 3.05) is 0 Å². The Bertz CT molecular complexity index is 255. The Morgan fingerprint density at radius 2 is 2.21 bits per heavy atom. The van der Waals surface area contributed by atoms with Gasteiger partial charge in [0.15, 0.2) is 0 Å². The van der Waals surface area contributed by atoms with Crippen molar-refractivity contribution in [1.82, 2.24) is 0 Å². The van der Waals surface area contributed by atoms with Gasteiger partial charge in [-0.2, -0.15) is 0 Å². The van der Waals surface area contributed by atoms with Crippen molar-refractivity contribution >= 4 is 11.3 Å². The van der Waals surface area contributed by atoms with Crippen LogP contribution in [0.1, 0.15) is 37.0 Å². The molecule has 78 valence electrons. The Morgan fingerprint density at radius 3 is 3.00 bits per heavy atom. The van der Waals surface area contributed by atoms with E-state index in [0.717, 1.165) is 12.8 Å². The zero-order valence-electron chi connectivity index (χ0n) is 8.48. The Morgan fingerprint density at radius 1 is 1.36 bits per heavy atom. The highest BCUT2D eigenvalue weighted by atomic mass is 32.1. The van der Waals surface area contributed by atoms with Gasteiger partial charge in [0.1, 0.15) is 0 Å². The fourth-order valence-corrected chi connectivity index (χ4v) is 3.15. The fourth-order valence-electron chi connectivity index (χ4n) is 2.33. The smallest absolute Gasteiger partial charge is 0.0543 e. The van der Waals surface area contributed by atoms with E-state index in [2.05, 4.69) is 17.5 Å². The minimum absolute atomic E-state index is 0.0394. The molecule has 1 aliphatic carbocycles. The molecular formula is C12H18OS. The summed E-state index contributed by atoms with van der Waals surface area (Å²) in [5.41, 5.74) is 0. The van der Waals surface area contributed by atoms with Crippen LogP contribution in [0.25, 0.3) is 0 Å². The van der Waals surface area contributed by atoms with E-state index in [4.69, 9.17) is 0 Å². The van der Waals surface area contributed by atoms with Gasteiger partial charge in [-0.15, -0.1) is 11.3 Å². The molecule has 14 heavy (non-hydrogen) atoms. The van der Waals surface area contributed by atoms with Gasteiger partial charge in [0.2, 0.25) is 0 Å². The Hall–Kier alpha value is -0.340. The Balaban J connectivity index is 1.90. The number of rotatable bonds is 2. The molecule has 1 heterocycles. The predicted molar refractivity (Wildman–Crippen MR) is 60.6 cm³/mol. The first-order chi connectivity index (χ1) is 6.84. The van der Waals surface area contributed by atoms with Crippen LogP contribution >= 0.6 is 11.3 Å². The summed E-state index contributed by atoms with van der Waals surface area (Å²) in [4.78, 5) is 1.48. The number of hydrogen-bond donors (Lipinski definition) is 1. The zero-order chi connectivity index (χ0) is 9.80. The molecule has 1 N–H and O–H groups in total. The van der Waals surface area contributed by atoms with Gasteiger partial charge >= 0.3 is 0 Å². The van der Waals surface area contributed by atoms with Crippen LogP contribution in [0.3, 0.4) is 0 Å². The SMILES string of the molecule is OC1CCCCC(Cc2cccs2)C1. The number of aliphatic hydroxyl groups excluding tert-OH is 1. The first-order valence-corrected chi connectivity index (χ1v) is 6.43. The van der Waals surface area contributed by atoms with Crippen molar-refractivity contribution < 1.29 is 5.11 Å². The summed E-state index contributed by atoms with van der Waals surface area (Å²) in [6.45, 7) is 0. The minimum Gasteiger partial charge on any atom is -0.393 e. The third-order valence-electron chi connectivity index (χ3n) is 3.08. The maximum absolute atomic E-state index is 9.69.